The quantitative estimate of drug-likeness (QED) is 0.182. The molecule has 0 aliphatic heterocycles. The molecule has 0 radical (unpaired) electrons. The molecule has 19 heavy (non-hydrogen) atoms. The molecule has 1 atom stereocenters. The summed E-state index contributed by atoms with van der Waals surface area (Å²) in [5.74, 6) is 0. The molecule has 116 valence electrons. The summed E-state index contributed by atoms with van der Waals surface area (Å²) in [6.07, 6.45) is 9.48. The molecule has 1 unspecified atom stereocenters. The Morgan fingerprint density at radius 1 is 0.947 bits per heavy atom. The maximum absolute atomic E-state index is 10.6. The van der Waals surface area contributed by atoms with Gasteiger partial charge in [-0.3, -0.25) is 0 Å². The molecule has 0 aromatic rings. The van der Waals surface area contributed by atoms with Crippen LogP contribution in [0.3, 0.4) is 0 Å². The molecule has 0 bridgehead atoms. The first-order chi connectivity index (χ1) is 8.83. The van der Waals surface area contributed by atoms with Crippen LogP contribution < -0.4 is 0 Å². The molecule has 0 fully saturated rings. The average Bonchev–Trinajstić information content (AvgIpc) is 2.30. The summed E-state index contributed by atoms with van der Waals surface area (Å²) >= 11 is 0. The van der Waals surface area contributed by atoms with Gasteiger partial charge in [-0.2, -0.15) is 4.65 Å². The summed E-state index contributed by atoms with van der Waals surface area (Å²) in [6, 6.07) is 0. The molecular formula is C13H29NO4S. The van der Waals surface area contributed by atoms with Crippen LogP contribution in [0.5, 0.6) is 0 Å². The zero-order chi connectivity index (χ0) is 14.8. The highest BCUT2D eigenvalue weighted by Gasteiger charge is 2.24. The average molecular weight is 295 g/mol. The Morgan fingerprint density at radius 3 is 1.84 bits per heavy atom. The fourth-order valence-electron chi connectivity index (χ4n) is 2.05. The summed E-state index contributed by atoms with van der Waals surface area (Å²) in [4.78, 5) is 0. The molecule has 5 nitrogen and oxygen atoms in total. The molecule has 0 N–H and O–H groups in total. The molecule has 0 saturated heterocycles. The van der Waals surface area contributed by atoms with Crippen molar-refractivity contribution in [1.29, 1.82) is 0 Å². The Balaban J connectivity index is 3.72. The van der Waals surface area contributed by atoms with E-state index in [-0.39, 0.29) is 4.65 Å². The van der Waals surface area contributed by atoms with E-state index in [4.69, 9.17) is 0 Å². The molecule has 0 aromatic heterocycles. The number of hydrogen-bond acceptors (Lipinski definition) is 4. The Kier molecular flexibility index (Phi) is 9.60. The van der Waals surface area contributed by atoms with Crippen LogP contribution in [-0.2, 0) is 14.7 Å². The third kappa shape index (κ3) is 11.4. The van der Waals surface area contributed by atoms with Gasteiger partial charge in [0, 0.05) is 0 Å². The van der Waals surface area contributed by atoms with Crippen molar-refractivity contribution in [3.8, 4) is 0 Å². The Labute approximate surface area is 118 Å². The largest absolute Gasteiger partial charge is 0.722 e. The van der Waals surface area contributed by atoms with Crippen LogP contribution in [0.1, 0.15) is 65.2 Å². The van der Waals surface area contributed by atoms with Gasteiger partial charge in [0.05, 0.1) is 7.05 Å². The van der Waals surface area contributed by atoms with Crippen molar-refractivity contribution >= 4 is 10.4 Å². The first-order valence-corrected chi connectivity index (χ1v) is 8.68. The molecule has 0 aromatic carbocycles. The molecule has 0 heterocycles. The lowest BCUT2D eigenvalue weighted by Crippen LogP contribution is -2.46. The summed E-state index contributed by atoms with van der Waals surface area (Å²) in [6.45, 7) is 5.05. The first kappa shape index (κ1) is 18.8. The number of hydrogen-bond donors (Lipinski definition) is 0. The lowest BCUT2D eigenvalue weighted by atomic mass is 10.1. The zero-order valence-electron chi connectivity index (χ0n) is 12.6. The Bertz CT molecular complexity index is 319. The molecule has 6 heteroatoms. The van der Waals surface area contributed by atoms with Crippen LogP contribution >= 0.6 is 0 Å². The van der Waals surface area contributed by atoms with Crippen molar-refractivity contribution in [2.75, 3.05) is 20.1 Å². The van der Waals surface area contributed by atoms with E-state index < -0.39 is 10.4 Å². The van der Waals surface area contributed by atoms with E-state index in [1.807, 2.05) is 6.92 Å². The second-order valence-electron chi connectivity index (χ2n) is 5.29. The maximum Gasteiger partial charge on any atom is 0.268 e. The van der Waals surface area contributed by atoms with E-state index in [9.17, 15) is 13.0 Å². The molecule has 0 saturated carbocycles. The zero-order valence-corrected chi connectivity index (χ0v) is 13.4. The van der Waals surface area contributed by atoms with Crippen molar-refractivity contribution in [2.24, 2.45) is 0 Å². The molecule has 0 aliphatic rings. The van der Waals surface area contributed by atoms with Crippen molar-refractivity contribution in [3.05, 3.63) is 0 Å². The first-order valence-electron chi connectivity index (χ1n) is 7.34. The molecule has 0 amide bonds. The molecule has 0 rings (SSSR count). The van der Waals surface area contributed by atoms with E-state index in [1.165, 1.54) is 32.1 Å². The highest BCUT2D eigenvalue weighted by atomic mass is 32.3. The minimum atomic E-state index is -4.63. The third-order valence-corrected chi connectivity index (χ3v) is 3.97. The lowest BCUT2D eigenvalue weighted by molar-refractivity contribution is -1.06. The number of unbranched alkanes of at least 4 members (excludes halogenated alkanes) is 7. The molecule has 0 spiro atoms. The van der Waals surface area contributed by atoms with Crippen LogP contribution in [0.25, 0.3) is 0 Å². The fraction of sp³-hybridized carbons (Fsp3) is 1.00. The Hall–Kier alpha value is -0.170. The van der Waals surface area contributed by atoms with E-state index in [2.05, 4.69) is 11.2 Å². The normalized spacial score (nSPS) is 15.4. The van der Waals surface area contributed by atoms with Gasteiger partial charge >= 0.3 is 0 Å². The van der Waals surface area contributed by atoms with Gasteiger partial charge in [-0.25, -0.2) is 8.42 Å². The van der Waals surface area contributed by atoms with Gasteiger partial charge in [-0.15, -0.1) is 0 Å². The third-order valence-electron chi connectivity index (χ3n) is 3.42. The topological polar surface area (TPSA) is 66.4 Å². The van der Waals surface area contributed by atoms with Crippen molar-refractivity contribution < 1.29 is 21.9 Å². The van der Waals surface area contributed by atoms with E-state index in [0.29, 0.717) is 13.1 Å². The fourth-order valence-corrected chi connectivity index (χ4v) is 2.67. The number of hydroxylamine groups is 3. The maximum atomic E-state index is 10.6. The molecule has 0 aliphatic carbocycles. The van der Waals surface area contributed by atoms with E-state index >= 15 is 0 Å². The van der Waals surface area contributed by atoms with Crippen LogP contribution in [0.4, 0.5) is 0 Å². The number of nitrogens with zero attached hydrogens (tertiary/aromatic N) is 1. The second kappa shape index (κ2) is 9.69. The van der Waals surface area contributed by atoms with Gasteiger partial charge in [-0.1, -0.05) is 49.7 Å². The number of rotatable bonds is 12. The minimum absolute atomic E-state index is 0.151. The van der Waals surface area contributed by atoms with Crippen LogP contribution in [0.2, 0.25) is 0 Å². The van der Waals surface area contributed by atoms with Gasteiger partial charge in [-0.05, 0) is 19.8 Å². The summed E-state index contributed by atoms with van der Waals surface area (Å²) < 4.78 is 36.4. The predicted molar refractivity (Wildman–Crippen MR) is 75.0 cm³/mol. The SMILES string of the molecule is CCCCCCCCCC[N+](C)(CC)OS(=O)(=O)[O-]. The lowest BCUT2D eigenvalue weighted by Gasteiger charge is -2.30. The van der Waals surface area contributed by atoms with E-state index in [0.717, 1.165) is 19.3 Å². The van der Waals surface area contributed by atoms with Gasteiger partial charge in [0.25, 0.3) is 10.4 Å². The molecular weight excluding hydrogens is 266 g/mol. The highest BCUT2D eigenvalue weighted by Crippen LogP contribution is 2.13. The summed E-state index contributed by atoms with van der Waals surface area (Å²) in [5.41, 5.74) is 0. The standard InChI is InChI=1S/C13H29NO4S/c1-4-6-7-8-9-10-11-12-13-14(3,5-2)18-19(15,16)17/h4-13H2,1-3H3. The van der Waals surface area contributed by atoms with Crippen molar-refractivity contribution in [2.45, 2.75) is 65.2 Å². The van der Waals surface area contributed by atoms with Gasteiger partial charge in [0.1, 0.15) is 13.1 Å². The van der Waals surface area contributed by atoms with Crippen LogP contribution in [0.15, 0.2) is 0 Å². The Morgan fingerprint density at radius 2 is 1.42 bits per heavy atom. The number of quaternary nitrogens is 1. The second-order valence-corrected chi connectivity index (χ2v) is 6.26. The predicted octanol–water partition coefficient (Wildman–Crippen LogP) is 2.99. The van der Waals surface area contributed by atoms with Gasteiger partial charge in [0.15, 0.2) is 0 Å². The highest BCUT2D eigenvalue weighted by molar-refractivity contribution is 7.80. The monoisotopic (exact) mass is 295 g/mol. The van der Waals surface area contributed by atoms with E-state index in [1.54, 1.807) is 7.05 Å². The van der Waals surface area contributed by atoms with Gasteiger partial charge in [0.2, 0.25) is 0 Å². The van der Waals surface area contributed by atoms with Gasteiger partial charge < -0.3 is 4.55 Å². The van der Waals surface area contributed by atoms with Crippen molar-refractivity contribution in [1.82, 2.24) is 0 Å². The summed E-state index contributed by atoms with van der Waals surface area (Å²) in [5, 5.41) is 0. The van der Waals surface area contributed by atoms with Crippen molar-refractivity contribution in [3.63, 3.8) is 0 Å². The minimum Gasteiger partial charge on any atom is -0.722 e. The summed E-state index contributed by atoms with van der Waals surface area (Å²) in [7, 11) is -2.99. The smallest absolute Gasteiger partial charge is 0.268 e. The van der Waals surface area contributed by atoms with Crippen LogP contribution in [-0.4, -0.2) is 37.8 Å². The van der Waals surface area contributed by atoms with Crippen LogP contribution in [0, 0.1) is 0 Å².